The third-order valence-corrected chi connectivity index (χ3v) is 3.34. The van der Waals surface area contributed by atoms with Crippen LogP contribution in [0.5, 0.6) is 11.5 Å². The zero-order valence-corrected chi connectivity index (χ0v) is 12.2. The molecule has 0 fully saturated rings. The lowest BCUT2D eigenvalue weighted by atomic mass is 10.2. The molecule has 1 aliphatic rings. The van der Waals surface area contributed by atoms with Gasteiger partial charge in [0.2, 0.25) is 5.82 Å². The van der Waals surface area contributed by atoms with Crippen molar-refractivity contribution in [2.24, 2.45) is 0 Å². The minimum Gasteiger partial charge on any atom is -0.486 e. The number of halogens is 1. The van der Waals surface area contributed by atoms with Gasteiger partial charge in [-0.25, -0.2) is 4.98 Å². The maximum atomic E-state index is 12.0. The number of aryl methyl sites for hydroxylation is 1. The van der Waals surface area contributed by atoms with Gasteiger partial charge in [-0.3, -0.25) is 9.89 Å². The first-order valence-corrected chi connectivity index (χ1v) is 6.72. The lowest BCUT2D eigenvalue weighted by molar-refractivity contribution is 0.101. The lowest BCUT2D eigenvalue weighted by Gasteiger charge is -2.19. The molecule has 104 valence electrons. The number of carbonyl (C=O) groups is 1. The Morgan fingerprint density at radius 1 is 1.35 bits per heavy atom. The molecule has 2 N–H and O–H groups in total. The van der Waals surface area contributed by atoms with Gasteiger partial charge in [0.05, 0.1) is 5.69 Å². The van der Waals surface area contributed by atoms with E-state index in [1.54, 1.807) is 19.1 Å². The van der Waals surface area contributed by atoms with Gasteiger partial charge >= 0.3 is 0 Å². The maximum Gasteiger partial charge on any atom is 0.295 e. The van der Waals surface area contributed by atoms with E-state index in [1.807, 2.05) is 0 Å². The number of aromatic nitrogens is 3. The van der Waals surface area contributed by atoms with Crippen LogP contribution in [-0.2, 0) is 0 Å². The Bertz CT molecular complexity index is 671. The summed E-state index contributed by atoms with van der Waals surface area (Å²) in [6.07, 6.45) is 0. The van der Waals surface area contributed by atoms with E-state index in [0.29, 0.717) is 40.7 Å². The predicted octanol–water partition coefficient (Wildman–Crippen LogP) is 1.90. The number of nitrogens with zero attached hydrogens (tertiary/aromatic N) is 2. The Hall–Kier alpha value is -2.09. The molecule has 7 nitrogen and oxygen atoms in total. The number of aromatic amines is 1. The average Bonchev–Trinajstić information content (AvgIpc) is 2.86. The quantitative estimate of drug-likeness (QED) is 0.872. The fourth-order valence-electron chi connectivity index (χ4n) is 1.78. The van der Waals surface area contributed by atoms with E-state index >= 15 is 0 Å². The van der Waals surface area contributed by atoms with Gasteiger partial charge in [0.25, 0.3) is 5.91 Å². The van der Waals surface area contributed by atoms with E-state index in [1.165, 1.54) is 0 Å². The van der Waals surface area contributed by atoms with Crippen molar-refractivity contribution in [1.82, 2.24) is 15.2 Å². The number of carbonyl (C=O) groups excluding carboxylic acids is 1. The van der Waals surface area contributed by atoms with Gasteiger partial charge in [-0.2, -0.15) is 0 Å². The van der Waals surface area contributed by atoms with Crippen molar-refractivity contribution >= 4 is 27.5 Å². The van der Waals surface area contributed by atoms with Crippen LogP contribution in [0, 0.1) is 6.92 Å². The first-order chi connectivity index (χ1) is 9.63. The van der Waals surface area contributed by atoms with Crippen LogP contribution in [0.2, 0.25) is 0 Å². The second-order valence-electron chi connectivity index (χ2n) is 4.17. The van der Waals surface area contributed by atoms with E-state index in [-0.39, 0.29) is 5.82 Å². The molecule has 1 aromatic heterocycles. The van der Waals surface area contributed by atoms with Crippen LogP contribution in [-0.4, -0.2) is 34.3 Å². The van der Waals surface area contributed by atoms with Crippen LogP contribution in [0.4, 0.5) is 5.69 Å². The van der Waals surface area contributed by atoms with Gasteiger partial charge in [0, 0.05) is 16.6 Å². The Balaban J connectivity index is 1.85. The Labute approximate surface area is 122 Å². The first kappa shape index (κ1) is 12.9. The molecule has 1 aromatic carbocycles. The van der Waals surface area contributed by atoms with E-state index in [4.69, 9.17) is 9.47 Å². The number of hydrogen-bond donors (Lipinski definition) is 2. The second-order valence-corrected chi connectivity index (χ2v) is 5.03. The third-order valence-electron chi connectivity index (χ3n) is 2.68. The molecule has 0 atom stereocenters. The van der Waals surface area contributed by atoms with E-state index in [9.17, 15) is 4.79 Å². The molecule has 3 rings (SSSR count). The van der Waals surface area contributed by atoms with Crippen molar-refractivity contribution in [2.75, 3.05) is 18.5 Å². The zero-order chi connectivity index (χ0) is 14.1. The summed E-state index contributed by atoms with van der Waals surface area (Å²) in [4.78, 5) is 16.0. The second kappa shape index (κ2) is 5.12. The Kier molecular flexibility index (Phi) is 3.31. The number of fused-ring (bicyclic) bond motifs is 1. The van der Waals surface area contributed by atoms with Crippen LogP contribution in [0.1, 0.15) is 16.4 Å². The standard InChI is InChI=1S/C12H11BrN4O3/c1-6-14-11(17-16-6)12(18)15-8-5-10-9(4-7(8)13)19-2-3-20-10/h4-5H,2-3H2,1H3,(H,15,18)(H,14,16,17). The van der Waals surface area contributed by atoms with Crippen molar-refractivity contribution < 1.29 is 14.3 Å². The number of benzene rings is 1. The van der Waals surface area contributed by atoms with Crippen molar-refractivity contribution in [3.63, 3.8) is 0 Å². The van der Waals surface area contributed by atoms with Gasteiger partial charge in [0.15, 0.2) is 11.5 Å². The van der Waals surface area contributed by atoms with Crippen LogP contribution >= 0.6 is 15.9 Å². The minimum atomic E-state index is -0.397. The summed E-state index contributed by atoms with van der Waals surface area (Å²) in [6, 6.07) is 3.46. The molecule has 0 radical (unpaired) electrons. The fraction of sp³-hybridized carbons (Fsp3) is 0.250. The number of anilines is 1. The molecule has 1 aliphatic heterocycles. The number of H-pyrrole nitrogens is 1. The normalized spacial score (nSPS) is 13.1. The maximum absolute atomic E-state index is 12.0. The first-order valence-electron chi connectivity index (χ1n) is 5.93. The van der Waals surface area contributed by atoms with Crippen LogP contribution in [0.3, 0.4) is 0 Å². The largest absolute Gasteiger partial charge is 0.486 e. The van der Waals surface area contributed by atoms with Crippen LogP contribution in [0.15, 0.2) is 16.6 Å². The fourth-order valence-corrected chi connectivity index (χ4v) is 2.20. The molecule has 0 aliphatic carbocycles. The highest BCUT2D eigenvalue weighted by Gasteiger charge is 2.18. The van der Waals surface area contributed by atoms with Crippen molar-refractivity contribution in [3.05, 3.63) is 28.3 Å². The number of nitrogens with one attached hydrogen (secondary N) is 2. The highest BCUT2D eigenvalue weighted by atomic mass is 79.9. The molecule has 8 heteroatoms. The monoisotopic (exact) mass is 338 g/mol. The Morgan fingerprint density at radius 2 is 2.05 bits per heavy atom. The molecule has 0 unspecified atom stereocenters. The lowest BCUT2D eigenvalue weighted by Crippen LogP contribution is -2.17. The molecule has 0 saturated heterocycles. The van der Waals surface area contributed by atoms with Crippen molar-refractivity contribution in [2.45, 2.75) is 6.92 Å². The van der Waals surface area contributed by atoms with Gasteiger partial charge in [0.1, 0.15) is 19.0 Å². The summed E-state index contributed by atoms with van der Waals surface area (Å²) in [5.41, 5.74) is 0.571. The highest BCUT2D eigenvalue weighted by molar-refractivity contribution is 9.10. The topological polar surface area (TPSA) is 89.1 Å². The molecule has 0 saturated carbocycles. The van der Waals surface area contributed by atoms with Gasteiger partial charge in [-0.1, -0.05) is 0 Å². The Morgan fingerprint density at radius 3 is 2.70 bits per heavy atom. The summed E-state index contributed by atoms with van der Waals surface area (Å²) >= 11 is 3.38. The van der Waals surface area contributed by atoms with Crippen LogP contribution in [0.25, 0.3) is 0 Å². The number of ether oxygens (including phenoxy) is 2. The van der Waals surface area contributed by atoms with Gasteiger partial charge in [-0.05, 0) is 22.9 Å². The molecule has 20 heavy (non-hydrogen) atoms. The smallest absolute Gasteiger partial charge is 0.295 e. The molecule has 0 bridgehead atoms. The highest BCUT2D eigenvalue weighted by Crippen LogP contribution is 2.38. The molecule has 1 amide bonds. The van der Waals surface area contributed by atoms with Crippen molar-refractivity contribution in [1.29, 1.82) is 0 Å². The summed E-state index contributed by atoms with van der Waals surface area (Å²) in [6.45, 7) is 2.73. The molecule has 2 heterocycles. The third kappa shape index (κ3) is 2.46. The molecular formula is C12H11BrN4O3. The molecule has 0 spiro atoms. The van der Waals surface area contributed by atoms with E-state index in [2.05, 4.69) is 36.4 Å². The minimum absolute atomic E-state index is 0.0873. The summed E-state index contributed by atoms with van der Waals surface area (Å²) in [5, 5.41) is 9.15. The van der Waals surface area contributed by atoms with Gasteiger partial charge in [-0.15, -0.1) is 5.10 Å². The van der Waals surface area contributed by atoms with E-state index in [0.717, 1.165) is 0 Å². The van der Waals surface area contributed by atoms with Crippen molar-refractivity contribution in [3.8, 4) is 11.5 Å². The molecule has 2 aromatic rings. The van der Waals surface area contributed by atoms with Gasteiger partial charge < -0.3 is 14.8 Å². The predicted molar refractivity (Wildman–Crippen MR) is 74.2 cm³/mol. The number of hydrogen-bond acceptors (Lipinski definition) is 5. The van der Waals surface area contributed by atoms with Crippen LogP contribution < -0.4 is 14.8 Å². The number of rotatable bonds is 2. The summed E-state index contributed by atoms with van der Waals surface area (Å²) < 4.78 is 11.6. The van der Waals surface area contributed by atoms with E-state index < -0.39 is 5.91 Å². The molecular weight excluding hydrogens is 328 g/mol. The summed E-state index contributed by atoms with van der Waals surface area (Å²) in [7, 11) is 0. The SMILES string of the molecule is Cc1nc(C(=O)Nc2cc3c(cc2Br)OCCO3)n[nH]1. The average molecular weight is 339 g/mol. The zero-order valence-electron chi connectivity index (χ0n) is 10.6. The summed E-state index contributed by atoms with van der Waals surface area (Å²) in [5.74, 6) is 1.52. The number of amides is 1.